The summed E-state index contributed by atoms with van der Waals surface area (Å²) in [5, 5.41) is 9.97. The van der Waals surface area contributed by atoms with E-state index in [0.717, 1.165) is 24.0 Å². The topological polar surface area (TPSA) is 37.3 Å². The summed E-state index contributed by atoms with van der Waals surface area (Å²) in [5.41, 5.74) is 1.83. The monoisotopic (exact) mass is 350 g/mol. The molecule has 0 aromatic heterocycles. The Morgan fingerprint density at radius 2 is 1.81 bits per heavy atom. The van der Waals surface area contributed by atoms with Gasteiger partial charge in [0.25, 0.3) is 0 Å². The molecule has 114 valence electrons. The third kappa shape index (κ3) is 2.65. The summed E-state index contributed by atoms with van der Waals surface area (Å²) in [6, 6.07) is 3.95. The van der Waals surface area contributed by atoms with E-state index in [2.05, 4.69) is 29.8 Å². The molecule has 1 N–H and O–H groups in total. The van der Waals surface area contributed by atoms with Crippen LogP contribution in [0, 0.1) is 17.8 Å². The van der Waals surface area contributed by atoms with E-state index in [1.807, 2.05) is 12.1 Å². The Morgan fingerprint density at radius 3 is 2.38 bits per heavy atom. The van der Waals surface area contributed by atoms with Crippen LogP contribution in [0.25, 0.3) is 0 Å². The molecule has 2 fully saturated rings. The first-order valence-electron chi connectivity index (χ1n) is 7.91. The molecule has 1 aromatic carbocycles. The molecule has 0 spiro atoms. The molecule has 21 heavy (non-hydrogen) atoms. The smallest absolute Gasteiger partial charge is 0.153 e. The number of carbonyl (C=O) groups excluding carboxylic acids is 1. The lowest BCUT2D eigenvalue weighted by Crippen LogP contribution is -2.42. The Hall–Kier alpha value is -0.830. The highest BCUT2D eigenvalue weighted by atomic mass is 79.9. The first-order chi connectivity index (χ1) is 9.93. The Kier molecular flexibility index (Phi) is 3.89. The van der Waals surface area contributed by atoms with Crippen molar-refractivity contribution >= 4 is 22.2 Å². The average Bonchev–Trinajstić information content (AvgIpc) is 2.39. The van der Waals surface area contributed by atoms with Gasteiger partial charge < -0.3 is 5.11 Å². The van der Waals surface area contributed by atoms with Gasteiger partial charge in [0.05, 0.1) is 10.0 Å². The summed E-state index contributed by atoms with van der Waals surface area (Å²) < 4.78 is 0.643. The van der Waals surface area contributed by atoms with E-state index in [-0.39, 0.29) is 11.2 Å². The van der Waals surface area contributed by atoms with E-state index in [1.165, 1.54) is 37.7 Å². The number of phenols is 1. The molecule has 0 aliphatic heterocycles. The Bertz CT molecular complexity index is 547. The number of fused-ring (bicyclic) bond motifs is 2. The standard InChI is InChI=1S/C18H23BrO2/c1-11-3-13-4-12(2)8-18(7-11,9-13)15-5-14(10-20)17(21)16(19)6-15/h5-6,10-13,21H,3-4,7-9H2,1-2H3/t11-,12-,13?,18?/m1/s1. The Morgan fingerprint density at radius 1 is 1.19 bits per heavy atom. The van der Waals surface area contributed by atoms with Crippen LogP contribution in [-0.4, -0.2) is 11.4 Å². The van der Waals surface area contributed by atoms with Crippen LogP contribution in [0.15, 0.2) is 16.6 Å². The maximum absolute atomic E-state index is 11.2. The fourth-order valence-corrected chi connectivity index (χ4v) is 5.55. The minimum atomic E-state index is 0.0643. The lowest BCUT2D eigenvalue weighted by molar-refractivity contribution is 0.0779. The molecule has 1 aromatic rings. The maximum Gasteiger partial charge on any atom is 0.153 e. The second-order valence-corrected chi connectivity index (χ2v) is 8.31. The minimum Gasteiger partial charge on any atom is -0.506 e. The minimum absolute atomic E-state index is 0.0643. The number of rotatable bonds is 2. The lowest BCUT2D eigenvalue weighted by atomic mass is 9.54. The predicted molar refractivity (Wildman–Crippen MR) is 87.8 cm³/mol. The largest absolute Gasteiger partial charge is 0.506 e. The molecule has 0 radical (unpaired) electrons. The first kappa shape index (κ1) is 15.1. The van der Waals surface area contributed by atoms with Gasteiger partial charge in [-0.3, -0.25) is 4.79 Å². The van der Waals surface area contributed by atoms with Crippen molar-refractivity contribution in [3.05, 3.63) is 27.7 Å². The summed E-state index contributed by atoms with van der Waals surface area (Å²) in [4.78, 5) is 11.2. The van der Waals surface area contributed by atoms with Gasteiger partial charge in [0.15, 0.2) is 6.29 Å². The summed E-state index contributed by atoms with van der Waals surface area (Å²) in [7, 11) is 0. The molecule has 3 rings (SSSR count). The molecule has 2 saturated carbocycles. The van der Waals surface area contributed by atoms with Gasteiger partial charge in [0.1, 0.15) is 5.75 Å². The number of hydrogen-bond donors (Lipinski definition) is 1. The van der Waals surface area contributed by atoms with Gasteiger partial charge in [0.2, 0.25) is 0 Å². The van der Waals surface area contributed by atoms with Gasteiger partial charge in [-0.05, 0) is 88.9 Å². The highest BCUT2D eigenvalue weighted by Crippen LogP contribution is 2.54. The fourth-order valence-electron chi connectivity index (χ4n) is 5.07. The zero-order valence-corrected chi connectivity index (χ0v) is 14.3. The van der Waals surface area contributed by atoms with Crippen molar-refractivity contribution in [1.29, 1.82) is 0 Å². The van der Waals surface area contributed by atoms with E-state index in [4.69, 9.17) is 0 Å². The van der Waals surface area contributed by atoms with Crippen LogP contribution in [-0.2, 0) is 5.41 Å². The van der Waals surface area contributed by atoms with Gasteiger partial charge in [-0.2, -0.15) is 0 Å². The van der Waals surface area contributed by atoms with E-state index < -0.39 is 0 Å². The number of aromatic hydroxyl groups is 1. The quantitative estimate of drug-likeness (QED) is 0.755. The molecule has 0 amide bonds. The molecule has 0 saturated heterocycles. The Balaban J connectivity index is 2.08. The third-order valence-electron chi connectivity index (χ3n) is 5.46. The second-order valence-electron chi connectivity index (χ2n) is 7.45. The van der Waals surface area contributed by atoms with Crippen LogP contribution in [0.2, 0.25) is 0 Å². The molecule has 2 atom stereocenters. The number of carbonyl (C=O) groups is 1. The SMILES string of the molecule is C[C@@H]1CC2C[C@@H](C)CC(c3cc(Br)c(O)c(C=O)c3)(C2)C1. The maximum atomic E-state index is 11.2. The summed E-state index contributed by atoms with van der Waals surface area (Å²) >= 11 is 3.41. The summed E-state index contributed by atoms with van der Waals surface area (Å²) in [5.74, 6) is 2.35. The third-order valence-corrected chi connectivity index (χ3v) is 6.07. The van der Waals surface area contributed by atoms with Crippen molar-refractivity contribution in [3.8, 4) is 5.75 Å². The van der Waals surface area contributed by atoms with Crippen molar-refractivity contribution in [1.82, 2.24) is 0 Å². The molecule has 2 aliphatic rings. The van der Waals surface area contributed by atoms with Crippen LogP contribution in [0.4, 0.5) is 0 Å². The number of aldehydes is 1. The zero-order chi connectivity index (χ0) is 15.2. The fraction of sp³-hybridized carbons (Fsp3) is 0.611. The summed E-state index contributed by atoms with van der Waals surface area (Å²) in [6.07, 6.45) is 7.07. The van der Waals surface area contributed by atoms with Crippen LogP contribution < -0.4 is 0 Å². The van der Waals surface area contributed by atoms with Gasteiger partial charge in [-0.1, -0.05) is 13.8 Å². The van der Waals surface area contributed by atoms with Gasteiger partial charge in [-0.25, -0.2) is 0 Å². The molecular weight excluding hydrogens is 328 g/mol. The van der Waals surface area contributed by atoms with Gasteiger partial charge in [0, 0.05) is 0 Å². The highest BCUT2D eigenvalue weighted by molar-refractivity contribution is 9.10. The van der Waals surface area contributed by atoms with Crippen molar-refractivity contribution < 1.29 is 9.90 Å². The number of phenolic OH excluding ortho intramolecular Hbond substituents is 1. The highest BCUT2D eigenvalue weighted by Gasteiger charge is 2.45. The molecule has 2 aliphatic carbocycles. The molecular formula is C18H23BrO2. The number of benzene rings is 1. The van der Waals surface area contributed by atoms with E-state index in [0.29, 0.717) is 10.0 Å². The molecule has 3 heteroatoms. The van der Waals surface area contributed by atoms with E-state index >= 15 is 0 Å². The predicted octanol–water partition coefficient (Wildman–Crippen LogP) is 5.07. The molecule has 0 unspecified atom stereocenters. The van der Waals surface area contributed by atoms with Crippen LogP contribution in [0.3, 0.4) is 0 Å². The van der Waals surface area contributed by atoms with Crippen molar-refractivity contribution in [2.24, 2.45) is 17.8 Å². The van der Waals surface area contributed by atoms with Crippen LogP contribution >= 0.6 is 15.9 Å². The van der Waals surface area contributed by atoms with Crippen molar-refractivity contribution in [3.63, 3.8) is 0 Å². The second kappa shape index (κ2) is 5.42. The number of halogens is 1. The Labute approximate surface area is 135 Å². The van der Waals surface area contributed by atoms with Crippen molar-refractivity contribution in [2.75, 3.05) is 0 Å². The average molecular weight is 351 g/mol. The normalized spacial score (nSPS) is 35.5. The van der Waals surface area contributed by atoms with Crippen LogP contribution in [0.1, 0.15) is 61.9 Å². The van der Waals surface area contributed by atoms with E-state index in [9.17, 15) is 9.90 Å². The number of hydrogen-bond acceptors (Lipinski definition) is 2. The lowest BCUT2D eigenvalue weighted by Gasteiger charge is -2.50. The van der Waals surface area contributed by atoms with Gasteiger partial charge >= 0.3 is 0 Å². The summed E-state index contributed by atoms with van der Waals surface area (Å²) in [6.45, 7) is 4.71. The van der Waals surface area contributed by atoms with Crippen LogP contribution in [0.5, 0.6) is 5.75 Å². The first-order valence-corrected chi connectivity index (χ1v) is 8.71. The van der Waals surface area contributed by atoms with Gasteiger partial charge in [-0.15, -0.1) is 0 Å². The molecule has 2 bridgehead atoms. The zero-order valence-electron chi connectivity index (χ0n) is 12.7. The molecule has 0 heterocycles. The van der Waals surface area contributed by atoms with Crippen molar-refractivity contribution in [2.45, 2.75) is 51.4 Å². The van der Waals surface area contributed by atoms with E-state index in [1.54, 1.807) is 0 Å². The molecule has 2 nitrogen and oxygen atoms in total.